The summed E-state index contributed by atoms with van der Waals surface area (Å²) in [4.78, 5) is 32.4. The maximum atomic E-state index is 11.3. The molecule has 0 fully saturated rings. The Morgan fingerprint density at radius 2 is 1.82 bits per heavy atom. The zero-order valence-corrected chi connectivity index (χ0v) is 10.4. The Labute approximate surface area is 103 Å². The summed E-state index contributed by atoms with van der Waals surface area (Å²) >= 11 is 1.53. The zero-order valence-electron chi connectivity index (χ0n) is 9.60. The molecule has 0 aliphatic carbocycles. The molecule has 2 atom stereocenters. The van der Waals surface area contributed by atoms with Gasteiger partial charge in [0.05, 0.1) is 6.42 Å². The number of carbonyl (C=O) groups is 3. The van der Waals surface area contributed by atoms with Crippen LogP contribution in [0.2, 0.25) is 0 Å². The topological polar surface area (TPSA) is 116 Å². The summed E-state index contributed by atoms with van der Waals surface area (Å²) < 4.78 is 0. The van der Waals surface area contributed by atoms with E-state index in [0.717, 1.165) is 0 Å². The third-order valence-electron chi connectivity index (χ3n) is 1.78. The van der Waals surface area contributed by atoms with Crippen LogP contribution in [0.15, 0.2) is 0 Å². The Morgan fingerprint density at radius 1 is 1.24 bits per heavy atom. The fourth-order valence-corrected chi connectivity index (χ4v) is 1.67. The van der Waals surface area contributed by atoms with Gasteiger partial charge < -0.3 is 20.8 Å². The summed E-state index contributed by atoms with van der Waals surface area (Å²) in [6.07, 6.45) is 1.22. The van der Waals surface area contributed by atoms with Crippen LogP contribution in [0.1, 0.15) is 13.3 Å². The minimum atomic E-state index is -1.42. The van der Waals surface area contributed by atoms with Crippen molar-refractivity contribution in [3.8, 4) is 0 Å². The second kappa shape index (κ2) is 7.77. The first kappa shape index (κ1) is 15.6. The lowest BCUT2D eigenvalue weighted by molar-refractivity contribution is -0.145. The average Bonchev–Trinajstić information content (AvgIpc) is 2.15. The van der Waals surface area contributed by atoms with Gasteiger partial charge in [0.2, 0.25) is 0 Å². The van der Waals surface area contributed by atoms with Crippen LogP contribution in [0, 0.1) is 0 Å². The van der Waals surface area contributed by atoms with Crippen LogP contribution in [-0.4, -0.2) is 52.3 Å². The molecule has 0 aliphatic heterocycles. The van der Waals surface area contributed by atoms with E-state index in [2.05, 4.69) is 10.6 Å². The summed E-state index contributed by atoms with van der Waals surface area (Å²) in [7, 11) is 0. The molecule has 0 spiro atoms. The average molecular weight is 264 g/mol. The normalized spacial score (nSPS) is 13.5. The number of rotatable bonds is 7. The van der Waals surface area contributed by atoms with E-state index in [4.69, 9.17) is 10.2 Å². The number of urea groups is 1. The second-order valence-electron chi connectivity index (χ2n) is 3.46. The van der Waals surface area contributed by atoms with Gasteiger partial charge in [0.15, 0.2) is 0 Å². The van der Waals surface area contributed by atoms with Crippen LogP contribution in [0.4, 0.5) is 4.79 Å². The Bertz CT molecular complexity index is 297. The first-order valence-corrected chi connectivity index (χ1v) is 6.26. The lowest BCUT2D eigenvalue weighted by Gasteiger charge is -2.16. The standard InChI is InChI=1S/C9H16N2O5S/c1-5(4-17-2)10-9(16)11-6(8(14)15)3-7(12)13/h5-6H,3-4H2,1-2H3,(H,12,13)(H,14,15)(H2,10,11,16)/t5?,6-/m0/s1. The van der Waals surface area contributed by atoms with E-state index in [9.17, 15) is 14.4 Å². The van der Waals surface area contributed by atoms with Crippen LogP contribution in [0.25, 0.3) is 0 Å². The molecule has 0 saturated carbocycles. The van der Waals surface area contributed by atoms with Crippen molar-refractivity contribution < 1.29 is 24.6 Å². The summed E-state index contributed by atoms with van der Waals surface area (Å²) in [5.41, 5.74) is 0. The van der Waals surface area contributed by atoms with Gasteiger partial charge in [-0.1, -0.05) is 0 Å². The van der Waals surface area contributed by atoms with Crippen molar-refractivity contribution in [2.24, 2.45) is 0 Å². The van der Waals surface area contributed by atoms with E-state index in [1.165, 1.54) is 11.8 Å². The Balaban J connectivity index is 4.21. The first-order chi connectivity index (χ1) is 7.86. The molecule has 0 saturated heterocycles. The summed E-state index contributed by atoms with van der Waals surface area (Å²) in [6, 6.07) is -2.22. The lowest BCUT2D eigenvalue weighted by atomic mass is 10.2. The molecule has 8 heteroatoms. The highest BCUT2D eigenvalue weighted by molar-refractivity contribution is 7.98. The quantitative estimate of drug-likeness (QED) is 0.513. The summed E-state index contributed by atoms with van der Waals surface area (Å²) in [5, 5.41) is 21.8. The van der Waals surface area contributed by atoms with Gasteiger partial charge >= 0.3 is 18.0 Å². The maximum absolute atomic E-state index is 11.3. The van der Waals surface area contributed by atoms with Gasteiger partial charge in [-0.05, 0) is 13.2 Å². The summed E-state index contributed by atoms with van der Waals surface area (Å²) in [6.45, 7) is 1.77. The molecule has 17 heavy (non-hydrogen) atoms. The number of amides is 2. The van der Waals surface area contributed by atoms with Crippen molar-refractivity contribution in [3.63, 3.8) is 0 Å². The van der Waals surface area contributed by atoms with E-state index in [0.29, 0.717) is 5.75 Å². The van der Waals surface area contributed by atoms with Crippen molar-refractivity contribution in [1.29, 1.82) is 0 Å². The smallest absolute Gasteiger partial charge is 0.326 e. The number of hydrogen-bond donors (Lipinski definition) is 4. The molecular weight excluding hydrogens is 248 g/mol. The lowest BCUT2D eigenvalue weighted by Crippen LogP contribution is -2.49. The molecule has 7 nitrogen and oxygen atoms in total. The van der Waals surface area contributed by atoms with Crippen LogP contribution >= 0.6 is 11.8 Å². The van der Waals surface area contributed by atoms with Gasteiger partial charge in [-0.15, -0.1) is 0 Å². The minimum Gasteiger partial charge on any atom is -0.481 e. The largest absolute Gasteiger partial charge is 0.481 e. The molecule has 0 aromatic carbocycles. The monoisotopic (exact) mass is 264 g/mol. The Kier molecular flexibility index (Phi) is 7.11. The van der Waals surface area contributed by atoms with Gasteiger partial charge in [0.25, 0.3) is 0 Å². The van der Waals surface area contributed by atoms with E-state index < -0.39 is 30.4 Å². The van der Waals surface area contributed by atoms with Crippen LogP contribution < -0.4 is 10.6 Å². The molecule has 1 unspecified atom stereocenters. The van der Waals surface area contributed by atoms with Gasteiger partial charge in [0, 0.05) is 11.8 Å². The Hall–Kier alpha value is -1.44. The second-order valence-corrected chi connectivity index (χ2v) is 4.37. The first-order valence-electron chi connectivity index (χ1n) is 4.87. The number of carboxylic acid groups (broad SMARTS) is 2. The SMILES string of the molecule is CSCC(C)NC(=O)N[C@@H](CC(=O)O)C(=O)O. The van der Waals surface area contributed by atoms with Gasteiger partial charge in [0.1, 0.15) is 6.04 Å². The van der Waals surface area contributed by atoms with Crippen molar-refractivity contribution in [1.82, 2.24) is 10.6 Å². The van der Waals surface area contributed by atoms with Gasteiger partial charge in [-0.3, -0.25) is 4.79 Å². The summed E-state index contributed by atoms with van der Waals surface area (Å²) in [5.74, 6) is -1.97. The van der Waals surface area contributed by atoms with Crippen LogP contribution in [-0.2, 0) is 9.59 Å². The molecule has 0 aromatic heterocycles. The number of hydrogen-bond acceptors (Lipinski definition) is 4. The highest BCUT2D eigenvalue weighted by Crippen LogP contribution is 1.97. The molecule has 0 rings (SSSR count). The number of carbonyl (C=O) groups excluding carboxylic acids is 1. The van der Waals surface area contributed by atoms with Crippen LogP contribution in [0.5, 0.6) is 0 Å². The highest BCUT2D eigenvalue weighted by atomic mass is 32.2. The minimum absolute atomic E-state index is 0.121. The molecular formula is C9H16N2O5S. The van der Waals surface area contributed by atoms with E-state index >= 15 is 0 Å². The predicted molar refractivity (Wildman–Crippen MR) is 63.2 cm³/mol. The molecule has 0 bridgehead atoms. The fraction of sp³-hybridized carbons (Fsp3) is 0.667. The number of aliphatic carboxylic acids is 2. The third kappa shape index (κ3) is 7.45. The highest BCUT2D eigenvalue weighted by Gasteiger charge is 2.23. The van der Waals surface area contributed by atoms with Crippen LogP contribution in [0.3, 0.4) is 0 Å². The van der Waals surface area contributed by atoms with E-state index in [-0.39, 0.29) is 6.04 Å². The van der Waals surface area contributed by atoms with Crippen molar-refractivity contribution in [2.75, 3.05) is 12.0 Å². The van der Waals surface area contributed by atoms with Gasteiger partial charge in [-0.25, -0.2) is 9.59 Å². The van der Waals surface area contributed by atoms with Crippen molar-refractivity contribution in [2.45, 2.75) is 25.4 Å². The third-order valence-corrected chi connectivity index (χ3v) is 2.61. The molecule has 0 heterocycles. The predicted octanol–water partition coefficient (Wildman–Crippen LogP) is -0.0350. The fourth-order valence-electron chi connectivity index (χ4n) is 1.09. The molecule has 4 N–H and O–H groups in total. The van der Waals surface area contributed by atoms with E-state index in [1.54, 1.807) is 6.92 Å². The van der Waals surface area contributed by atoms with Gasteiger partial charge in [-0.2, -0.15) is 11.8 Å². The molecule has 2 amide bonds. The Morgan fingerprint density at radius 3 is 2.24 bits per heavy atom. The van der Waals surface area contributed by atoms with Crippen molar-refractivity contribution in [3.05, 3.63) is 0 Å². The van der Waals surface area contributed by atoms with Crippen molar-refractivity contribution >= 4 is 29.7 Å². The zero-order chi connectivity index (χ0) is 13.4. The number of thioether (sulfide) groups is 1. The molecule has 0 aromatic rings. The van der Waals surface area contributed by atoms with E-state index in [1.807, 2.05) is 6.26 Å². The molecule has 0 radical (unpaired) electrons. The molecule has 98 valence electrons. The maximum Gasteiger partial charge on any atom is 0.326 e. The number of nitrogens with one attached hydrogen (secondary N) is 2. The molecule has 0 aliphatic rings. The number of carboxylic acids is 2.